The maximum absolute atomic E-state index is 12.6. The van der Waals surface area contributed by atoms with Gasteiger partial charge in [-0.25, -0.2) is 0 Å². The van der Waals surface area contributed by atoms with Crippen molar-refractivity contribution in [3.63, 3.8) is 0 Å². The molecule has 24 heavy (non-hydrogen) atoms. The number of nitrogens with zero attached hydrogens (tertiary/aromatic N) is 1. The molecule has 1 aliphatic rings. The van der Waals surface area contributed by atoms with Gasteiger partial charge in [-0.15, -0.1) is 0 Å². The highest BCUT2D eigenvalue weighted by molar-refractivity contribution is 6.26. The molecule has 0 spiro atoms. The number of nitrogens with two attached hydrogens (primary N) is 2. The van der Waals surface area contributed by atoms with Crippen LogP contribution in [0.5, 0.6) is 0 Å². The number of amides is 3. The van der Waals surface area contributed by atoms with E-state index in [1.165, 1.54) is 0 Å². The molecule has 124 valence electrons. The van der Waals surface area contributed by atoms with Gasteiger partial charge in [0.05, 0.1) is 6.54 Å². The Hall–Kier alpha value is -2.97. The number of anilines is 1. The summed E-state index contributed by atoms with van der Waals surface area (Å²) in [7, 11) is 0. The van der Waals surface area contributed by atoms with Crippen molar-refractivity contribution < 1.29 is 14.4 Å². The van der Waals surface area contributed by atoms with Crippen LogP contribution in [0.15, 0.2) is 30.3 Å². The van der Waals surface area contributed by atoms with E-state index in [9.17, 15) is 14.4 Å². The van der Waals surface area contributed by atoms with E-state index in [0.717, 1.165) is 4.90 Å². The molecule has 0 atom stereocenters. The predicted molar refractivity (Wildman–Crippen MR) is 88.9 cm³/mol. The van der Waals surface area contributed by atoms with E-state index >= 15 is 0 Å². The van der Waals surface area contributed by atoms with Gasteiger partial charge in [0.15, 0.2) is 0 Å². The molecule has 1 heterocycles. The van der Waals surface area contributed by atoms with Crippen molar-refractivity contribution in [1.29, 1.82) is 0 Å². The second-order valence-corrected chi connectivity index (χ2v) is 5.42. The van der Waals surface area contributed by atoms with Crippen molar-refractivity contribution in [2.24, 2.45) is 5.84 Å². The number of benzene rings is 2. The summed E-state index contributed by atoms with van der Waals surface area (Å²) in [5.41, 5.74) is 9.56. The fourth-order valence-corrected chi connectivity index (χ4v) is 2.83. The summed E-state index contributed by atoms with van der Waals surface area (Å²) in [6.07, 6.45) is 0. The fraction of sp³-hybridized carbons (Fsp3) is 0.188. The van der Waals surface area contributed by atoms with Crippen LogP contribution in [0.4, 0.5) is 5.69 Å². The van der Waals surface area contributed by atoms with Gasteiger partial charge in [-0.3, -0.25) is 30.6 Å². The lowest BCUT2D eigenvalue weighted by Crippen LogP contribution is -2.46. The molecule has 0 aliphatic carbocycles. The molecular weight excluding hydrogens is 310 g/mol. The number of carbonyl (C=O) groups is 3. The predicted octanol–water partition coefficient (Wildman–Crippen LogP) is -0.402. The Balaban J connectivity index is 1.88. The van der Waals surface area contributed by atoms with Crippen LogP contribution in [0.3, 0.4) is 0 Å². The molecule has 1 aliphatic heterocycles. The molecule has 3 amide bonds. The van der Waals surface area contributed by atoms with Crippen molar-refractivity contribution >= 4 is 34.2 Å². The Labute approximate surface area is 137 Å². The summed E-state index contributed by atoms with van der Waals surface area (Å²) in [6, 6.07) is 8.47. The monoisotopic (exact) mass is 327 g/mol. The van der Waals surface area contributed by atoms with Gasteiger partial charge in [-0.05, 0) is 18.2 Å². The van der Waals surface area contributed by atoms with Gasteiger partial charge in [0.1, 0.15) is 0 Å². The maximum atomic E-state index is 12.6. The number of carbonyl (C=O) groups excluding carboxylic acids is 3. The molecule has 3 rings (SSSR count). The largest absolute Gasteiger partial charge is 0.398 e. The molecule has 0 fully saturated rings. The first kappa shape index (κ1) is 15.9. The number of imide groups is 1. The van der Waals surface area contributed by atoms with Gasteiger partial charge >= 0.3 is 0 Å². The van der Waals surface area contributed by atoms with E-state index in [2.05, 4.69) is 10.7 Å². The van der Waals surface area contributed by atoms with E-state index in [-0.39, 0.29) is 25.5 Å². The summed E-state index contributed by atoms with van der Waals surface area (Å²) >= 11 is 0. The van der Waals surface area contributed by atoms with Gasteiger partial charge in [-0.2, -0.15) is 0 Å². The summed E-state index contributed by atoms with van der Waals surface area (Å²) in [5.74, 6) is 3.95. The fourth-order valence-electron chi connectivity index (χ4n) is 2.83. The molecule has 0 saturated heterocycles. The van der Waals surface area contributed by atoms with Gasteiger partial charge in [-0.1, -0.05) is 12.1 Å². The highest BCUT2D eigenvalue weighted by atomic mass is 16.2. The second-order valence-electron chi connectivity index (χ2n) is 5.42. The Morgan fingerprint density at radius 3 is 2.50 bits per heavy atom. The van der Waals surface area contributed by atoms with Crippen molar-refractivity contribution in [2.75, 3.05) is 25.4 Å². The lowest BCUT2D eigenvalue weighted by Gasteiger charge is -2.27. The Kier molecular flexibility index (Phi) is 4.15. The molecule has 8 heteroatoms. The van der Waals surface area contributed by atoms with Crippen LogP contribution >= 0.6 is 0 Å². The highest BCUT2D eigenvalue weighted by Gasteiger charge is 2.32. The van der Waals surface area contributed by atoms with E-state index in [1.807, 2.05) is 0 Å². The van der Waals surface area contributed by atoms with Crippen molar-refractivity contribution in [2.45, 2.75) is 0 Å². The summed E-state index contributed by atoms with van der Waals surface area (Å²) < 4.78 is 0. The van der Waals surface area contributed by atoms with Crippen molar-refractivity contribution in [3.8, 4) is 0 Å². The first-order chi connectivity index (χ1) is 11.5. The molecule has 0 saturated carbocycles. The lowest BCUT2D eigenvalue weighted by atomic mass is 9.93. The van der Waals surface area contributed by atoms with Gasteiger partial charge in [0, 0.05) is 40.7 Å². The van der Waals surface area contributed by atoms with E-state index in [0.29, 0.717) is 27.6 Å². The van der Waals surface area contributed by atoms with Crippen molar-refractivity contribution in [3.05, 3.63) is 41.5 Å². The lowest BCUT2D eigenvalue weighted by molar-refractivity contribution is -0.120. The smallest absolute Gasteiger partial charge is 0.261 e. The third kappa shape index (κ3) is 2.57. The van der Waals surface area contributed by atoms with Gasteiger partial charge in [0.2, 0.25) is 5.91 Å². The maximum Gasteiger partial charge on any atom is 0.261 e. The third-order valence-electron chi connectivity index (χ3n) is 3.95. The molecule has 0 aromatic heterocycles. The molecule has 2 aromatic carbocycles. The van der Waals surface area contributed by atoms with E-state index < -0.39 is 11.8 Å². The molecule has 0 unspecified atom stereocenters. The first-order valence-electron chi connectivity index (χ1n) is 7.42. The second kappa shape index (κ2) is 6.26. The average molecular weight is 327 g/mol. The highest BCUT2D eigenvalue weighted by Crippen LogP contribution is 2.32. The van der Waals surface area contributed by atoms with Crippen LogP contribution in [-0.2, 0) is 4.79 Å². The Morgan fingerprint density at radius 2 is 1.79 bits per heavy atom. The molecular formula is C16H17N5O3. The summed E-state index contributed by atoms with van der Waals surface area (Å²) in [5, 5.41) is 3.85. The number of hydrazine groups is 1. The minimum atomic E-state index is -0.394. The third-order valence-corrected chi connectivity index (χ3v) is 3.95. The zero-order valence-electron chi connectivity index (χ0n) is 12.8. The topological polar surface area (TPSA) is 131 Å². The molecule has 8 nitrogen and oxygen atoms in total. The number of hydrogen-bond acceptors (Lipinski definition) is 6. The Bertz CT molecular complexity index is 827. The van der Waals surface area contributed by atoms with Crippen LogP contribution in [0.25, 0.3) is 10.8 Å². The number of nitrogen functional groups attached to an aromatic ring is 1. The average Bonchev–Trinajstić information content (AvgIpc) is 2.57. The minimum Gasteiger partial charge on any atom is -0.398 e. The van der Waals surface area contributed by atoms with Crippen LogP contribution in [0, 0.1) is 0 Å². The molecule has 0 radical (unpaired) electrons. The number of nitrogens with one attached hydrogen (secondary N) is 2. The van der Waals surface area contributed by atoms with E-state index in [4.69, 9.17) is 11.6 Å². The Morgan fingerprint density at radius 1 is 1.08 bits per heavy atom. The van der Waals surface area contributed by atoms with Crippen LogP contribution < -0.4 is 22.3 Å². The first-order valence-corrected chi connectivity index (χ1v) is 7.42. The number of rotatable bonds is 5. The summed E-state index contributed by atoms with van der Waals surface area (Å²) in [4.78, 5) is 37.8. The van der Waals surface area contributed by atoms with Gasteiger partial charge < -0.3 is 11.1 Å². The van der Waals surface area contributed by atoms with Crippen molar-refractivity contribution in [1.82, 2.24) is 15.6 Å². The summed E-state index contributed by atoms with van der Waals surface area (Å²) in [6.45, 7) is 0.190. The molecule has 2 aromatic rings. The molecule has 6 N–H and O–H groups in total. The standard InChI is InChI=1S/C16H17N5O3/c17-12-5-4-11-14-9(12)2-1-3-10(14)15(23)21(16(11)24)7-6-19-13(22)8-20-18/h1-5,20H,6-8,17-18H2,(H,19,22). The SMILES string of the molecule is NNCC(=O)NCCN1C(=O)c2cccc3c(N)ccc(c23)C1=O. The van der Waals surface area contributed by atoms with Crippen LogP contribution in [-0.4, -0.2) is 42.3 Å². The van der Waals surface area contributed by atoms with Crippen LogP contribution in [0.1, 0.15) is 20.7 Å². The zero-order valence-corrected chi connectivity index (χ0v) is 12.8. The van der Waals surface area contributed by atoms with E-state index in [1.54, 1.807) is 30.3 Å². The normalized spacial score (nSPS) is 13.5. The zero-order chi connectivity index (χ0) is 17.3. The molecule has 0 bridgehead atoms. The number of hydrogen-bond donors (Lipinski definition) is 4. The van der Waals surface area contributed by atoms with Crippen LogP contribution in [0.2, 0.25) is 0 Å². The van der Waals surface area contributed by atoms with Gasteiger partial charge in [0.25, 0.3) is 11.8 Å². The minimum absolute atomic E-state index is 0.0384. The quantitative estimate of drug-likeness (QED) is 0.256.